The number of aromatic nitrogens is 1. The van der Waals surface area contributed by atoms with Crippen LogP contribution in [-0.4, -0.2) is 35.6 Å². The summed E-state index contributed by atoms with van der Waals surface area (Å²) in [6, 6.07) is 4.89. The summed E-state index contributed by atoms with van der Waals surface area (Å²) in [7, 11) is 0. The lowest BCUT2D eigenvalue weighted by Crippen LogP contribution is -2.37. The fourth-order valence-electron chi connectivity index (χ4n) is 2.64. The molecule has 0 aromatic carbocycles. The van der Waals surface area contributed by atoms with Gasteiger partial charge < -0.3 is 5.32 Å². The molecule has 0 amide bonds. The average Bonchev–Trinajstić information content (AvgIpc) is 2.64. The average molecular weight is 247 g/mol. The minimum atomic E-state index is 0.640. The molecule has 1 aliphatic rings. The van der Waals surface area contributed by atoms with Crippen LogP contribution >= 0.6 is 0 Å². The molecule has 3 nitrogen and oxygen atoms in total. The van der Waals surface area contributed by atoms with Crippen LogP contribution in [0.15, 0.2) is 18.3 Å². The molecule has 0 saturated carbocycles. The Morgan fingerprint density at radius 1 is 1.44 bits per heavy atom. The fraction of sp³-hybridized carbons (Fsp3) is 0.667. The lowest BCUT2D eigenvalue weighted by molar-refractivity contribution is 0.254. The Morgan fingerprint density at radius 2 is 2.33 bits per heavy atom. The third-order valence-corrected chi connectivity index (χ3v) is 3.79. The summed E-state index contributed by atoms with van der Waals surface area (Å²) in [5.74, 6) is 0. The van der Waals surface area contributed by atoms with Crippen LogP contribution in [0, 0.1) is 0 Å². The Hall–Kier alpha value is -0.930. The molecule has 1 N–H and O–H groups in total. The van der Waals surface area contributed by atoms with Gasteiger partial charge in [0.15, 0.2) is 0 Å². The van der Waals surface area contributed by atoms with Crippen LogP contribution < -0.4 is 5.32 Å². The largest absolute Gasteiger partial charge is 0.313 e. The third kappa shape index (κ3) is 3.53. The number of nitrogens with zero attached hydrogens (tertiary/aromatic N) is 2. The summed E-state index contributed by atoms with van der Waals surface area (Å²) in [4.78, 5) is 7.11. The van der Waals surface area contributed by atoms with Crippen LogP contribution in [0.5, 0.6) is 0 Å². The zero-order chi connectivity index (χ0) is 12.8. The predicted molar refractivity (Wildman–Crippen MR) is 75.6 cm³/mol. The van der Waals surface area contributed by atoms with Gasteiger partial charge in [-0.05, 0) is 44.0 Å². The van der Waals surface area contributed by atoms with Crippen molar-refractivity contribution in [3.05, 3.63) is 29.6 Å². The van der Waals surface area contributed by atoms with E-state index in [1.54, 1.807) is 0 Å². The summed E-state index contributed by atoms with van der Waals surface area (Å²) < 4.78 is 0. The van der Waals surface area contributed by atoms with E-state index in [4.69, 9.17) is 0 Å². The van der Waals surface area contributed by atoms with Crippen LogP contribution in [0.4, 0.5) is 0 Å². The van der Waals surface area contributed by atoms with Crippen molar-refractivity contribution >= 4 is 0 Å². The molecule has 18 heavy (non-hydrogen) atoms. The Labute approximate surface area is 111 Å². The normalized spacial score (nSPS) is 21.8. The molecule has 3 heteroatoms. The molecule has 0 spiro atoms. The molecule has 1 aliphatic heterocycles. The van der Waals surface area contributed by atoms with Gasteiger partial charge in [-0.2, -0.15) is 0 Å². The van der Waals surface area contributed by atoms with Gasteiger partial charge in [0.2, 0.25) is 0 Å². The van der Waals surface area contributed by atoms with Crippen molar-refractivity contribution in [2.75, 3.05) is 19.6 Å². The monoisotopic (exact) mass is 247 g/mol. The van der Waals surface area contributed by atoms with E-state index >= 15 is 0 Å². The first-order valence-corrected chi connectivity index (χ1v) is 7.22. The summed E-state index contributed by atoms with van der Waals surface area (Å²) in [5.41, 5.74) is 2.65. The summed E-state index contributed by atoms with van der Waals surface area (Å²) in [6.07, 6.45) is 5.44. The molecule has 0 bridgehead atoms. The van der Waals surface area contributed by atoms with Crippen molar-refractivity contribution in [3.8, 4) is 0 Å². The second-order valence-corrected chi connectivity index (χ2v) is 5.11. The fourth-order valence-corrected chi connectivity index (χ4v) is 2.64. The molecule has 1 aromatic rings. The van der Waals surface area contributed by atoms with E-state index in [1.165, 1.54) is 30.6 Å². The van der Waals surface area contributed by atoms with Gasteiger partial charge in [-0.1, -0.05) is 19.9 Å². The summed E-state index contributed by atoms with van der Waals surface area (Å²) in [6.45, 7) is 8.96. The molecular formula is C15H25N3. The topological polar surface area (TPSA) is 28.2 Å². The standard InChI is InChI=1S/C15H25N3/c1-3-13-7-5-8-17-15(13)12-18-10-6-9-16-14(4-2)11-18/h5,7-8,14,16H,3-4,6,9-12H2,1-2H3. The second-order valence-electron chi connectivity index (χ2n) is 5.11. The highest BCUT2D eigenvalue weighted by Gasteiger charge is 2.17. The van der Waals surface area contributed by atoms with Gasteiger partial charge in [0, 0.05) is 25.3 Å². The van der Waals surface area contributed by atoms with Crippen LogP contribution in [0.25, 0.3) is 0 Å². The Morgan fingerprint density at radius 3 is 3.11 bits per heavy atom. The lowest BCUT2D eigenvalue weighted by atomic mass is 10.1. The van der Waals surface area contributed by atoms with Gasteiger partial charge >= 0.3 is 0 Å². The number of rotatable bonds is 4. The van der Waals surface area contributed by atoms with E-state index in [0.717, 1.165) is 26.1 Å². The van der Waals surface area contributed by atoms with Crippen molar-refractivity contribution < 1.29 is 0 Å². The number of hydrogen-bond donors (Lipinski definition) is 1. The van der Waals surface area contributed by atoms with Crippen LogP contribution in [0.2, 0.25) is 0 Å². The highest BCUT2D eigenvalue weighted by molar-refractivity contribution is 5.19. The van der Waals surface area contributed by atoms with E-state index in [2.05, 4.69) is 35.1 Å². The maximum absolute atomic E-state index is 4.56. The maximum Gasteiger partial charge on any atom is 0.0575 e. The number of pyridine rings is 1. The van der Waals surface area contributed by atoms with Crippen molar-refractivity contribution in [1.82, 2.24) is 15.2 Å². The van der Waals surface area contributed by atoms with Gasteiger partial charge in [0.25, 0.3) is 0 Å². The highest BCUT2D eigenvalue weighted by Crippen LogP contribution is 2.12. The minimum absolute atomic E-state index is 0.640. The van der Waals surface area contributed by atoms with Gasteiger partial charge in [-0.25, -0.2) is 0 Å². The Kier molecular flexibility index (Phi) is 5.14. The molecule has 0 aliphatic carbocycles. The second kappa shape index (κ2) is 6.86. The molecule has 1 unspecified atom stereocenters. The van der Waals surface area contributed by atoms with Crippen molar-refractivity contribution in [2.24, 2.45) is 0 Å². The molecule has 100 valence electrons. The van der Waals surface area contributed by atoms with Crippen molar-refractivity contribution in [2.45, 2.75) is 45.7 Å². The molecule has 0 radical (unpaired) electrons. The van der Waals surface area contributed by atoms with E-state index in [-0.39, 0.29) is 0 Å². The Balaban J connectivity index is 2.02. The van der Waals surface area contributed by atoms with Crippen molar-refractivity contribution in [1.29, 1.82) is 0 Å². The Bertz CT molecular complexity index is 365. The van der Waals surface area contributed by atoms with Crippen LogP contribution in [0.3, 0.4) is 0 Å². The smallest absolute Gasteiger partial charge is 0.0575 e. The predicted octanol–water partition coefficient (Wildman–Crippen LogP) is 2.22. The quantitative estimate of drug-likeness (QED) is 0.884. The number of aryl methyl sites for hydroxylation is 1. The zero-order valence-electron chi connectivity index (χ0n) is 11.7. The highest BCUT2D eigenvalue weighted by atomic mass is 15.2. The van der Waals surface area contributed by atoms with Gasteiger partial charge in [-0.3, -0.25) is 9.88 Å². The van der Waals surface area contributed by atoms with Gasteiger partial charge in [-0.15, -0.1) is 0 Å². The van der Waals surface area contributed by atoms with E-state index in [0.29, 0.717) is 6.04 Å². The SMILES string of the molecule is CCc1cccnc1CN1CCCNC(CC)C1. The van der Waals surface area contributed by atoms with Crippen molar-refractivity contribution in [3.63, 3.8) is 0 Å². The molecule has 1 fully saturated rings. The van der Waals surface area contributed by atoms with E-state index in [1.807, 2.05) is 12.3 Å². The minimum Gasteiger partial charge on any atom is -0.313 e. The first-order chi connectivity index (χ1) is 8.83. The van der Waals surface area contributed by atoms with Crippen LogP contribution in [0.1, 0.15) is 37.9 Å². The molecule has 1 aromatic heterocycles. The first kappa shape index (κ1) is 13.5. The molecular weight excluding hydrogens is 222 g/mol. The molecule has 1 saturated heterocycles. The van der Waals surface area contributed by atoms with E-state index < -0.39 is 0 Å². The van der Waals surface area contributed by atoms with E-state index in [9.17, 15) is 0 Å². The summed E-state index contributed by atoms with van der Waals surface area (Å²) >= 11 is 0. The van der Waals surface area contributed by atoms with Crippen LogP contribution in [-0.2, 0) is 13.0 Å². The molecule has 2 rings (SSSR count). The maximum atomic E-state index is 4.56. The van der Waals surface area contributed by atoms with Gasteiger partial charge in [0.1, 0.15) is 0 Å². The third-order valence-electron chi connectivity index (χ3n) is 3.79. The number of hydrogen-bond acceptors (Lipinski definition) is 3. The first-order valence-electron chi connectivity index (χ1n) is 7.22. The molecule has 2 heterocycles. The summed E-state index contributed by atoms with van der Waals surface area (Å²) in [5, 5.41) is 3.61. The molecule has 1 atom stereocenters. The lowest BCUT2D eigenvalue weighted by Gasteiger charge is -2.24. The van der Waals surface area contributed by atoms with Gasteiger partial charge in [0.05, 0.1) is 5.69 Å². The zero-order valence-corrected chi connectivity index (χ0v) is 11.7. The number of nitrogens with one attached hydrogen (secondary N) is 1.